The zero-order valence-corrected chi connectivity index (χ0v) is 14.7. The molecule has 24 heavy (non-hydrogen) atoms. The normalized spacial score (nSPS) is 18.0. The van der Waals surface area contributed by atoms with Gasteiger partial charge in [-0.05, 0) is 57.9 Å². The van der Waals surface area contributed by atoms with E-state index in [9.17, 15) is 9.59 Å². The monoisotopic (exact) mass is 335 g/mol. The fourth-order valence-electron chi connectivity index (χ4n) is 2.51. The molecule has 1 aliphatic heterocycles. The molecule has 1 aromatic rings. The number of benzene rings is 1. The van der Waals surface area contributed by atoms with Crippen LogP contribution in [0, 0.1) is 0 Å². The van der Waals surface area contributed by atoms with Gasteiger partial charge in [-0.15, -0.1) is 0 Å². The number of methoxy groups -OCH3 is 1. The number of esters is 1. The summed E-state index contributed by atoms with van der Waals surface area (Å²) in [6.45, 7) is 6.73. The molecule has 132 valence electrons. The molecule has 1 atom stereocenters. The summed E-state index contributed by atoms with van der Waals surface area (Å²) in [5.74, 6) is 0.286. The molecule has 0 radical (unpaired) electrons. The molecule has 1 unspecified atom stereocenters. The number of likely N-dealkylation sites (tertiary alicyclic amines) is 1. The van der Waals surface area contributed by atoms with E-state index >= 15 is 0 Å². The molecule has 0 aliphatic carbocycles. The molecule has 1 heterocycles. The van der Waals surface area contributed by atoms with Gasteiger partial charge in [0.2, 0.25) is 0 Å². The lowest BCUT2D eigenvalue weighted by Crippen LogP contribution is -2.46. The number of rotatable bonds is 3. The standard InChI is InChI=1S/C18H25NO5/c1-18(2,3)24-17(21)19-11-5-6-15(12-19)23-14-9-7-13(8-10-14)16(20)22-4/h7-10,15H,5-6,11-12H2,1-4H3. The van der Waals surface area contributed by atoms with E-state index < -0.39 is 5.60 Å². The molecule has 1 saturated heterocycles. The average molecular weight is 335 g/mol. The first-order valence-electron chi connectivity index (χ1n) is 8.11. The first kappa shape index (κ1) is 18.1. The second-order valence-electron chi connectivity index (χ2n) is 6.82. The average Bonchev–Trinajstić information content (AvgIpc) is 2.53. The molecule has 0 aromatic heterocycles. The molecular weight excluding hydrogens is 310 g/mol. The maximum absolute atomic E-state index is 12.2. The Morgan fingerprint density at radius 3 is 2.42 bits per heavy atom. The van der Waals surface area contributed by atoms with E-state index in [1.54, 1.807) is 29.2 Å². The maximum Gasteiger partial charge on any atom is 0.410 e. The van der Waals surface area contributed by atoms with Crippen molar-refractivity contribution in [3.05, 3.63) is 29.8 Å². The third kappa shape index (κ3) is 5.15. The van der Waals surface area contributed by atoms with Crippen LogP contribution in [0.1, 0.15) is 44.0 Å². The Labute approximate surface area is 142 Å². The summed E-state index contributed by atoms with van der Waals surface area (Å²) in [7, 11) is 1.35. The van der Waals surface area contributed by atoms with E-state index in [0.29, 0.717) is 24.4 Å². The van der Waals surface area contributed by atoms with Crippen molar-refractivity contribution in [1.29, 1.82) is 0 Å². The lowest BCUT2D eigenvalue weighted by molar-refractivity contribution is 0.00773. The van der Waals surface area contributed by atoms with Gasteiger partial charge in [0, 0.05) is 6.54 Å². The first-order chi connectivity index (χ1) is 11.3. The summed E-state index contributed by atoms with van der Waals surface area (Å²) in [4.78, 5) is 25.3. The number of carbonyl (C=O) groups excluding carboxylic acids is 2. The Bertz CT molecular complexity index is 576. The highest BCUT2D eigenvalue weighted by molar-refractivity contribution is 5.89. The first-order valence-corrected chi connectivity index (χ1v) is 8.11. The summed E-state index contributed by atoms with van der Waals surface area (Å²) in [6, 6.07) is 6.79. The zero-order chi connectivity index (χ0) is 17.7. The van der Waals surface area contributed by atoms with E-state index in [0.717, 1.165) is 12.8 Å². The van der Waals surface area contributed by atoms with Gasteiger partial charge in [-0.3, -0.25) is 0 Å². The van der Waals surface area contributed by atoms with Crippen molar-refractivity contribution in [1.82, 2.24) is 4.90 Å². The van der Waals surface area contributed by atoms with Crippen LogP contribution in [0.2, 0.25) is 0 Å². The maximum atomic E-state index is 12.2. The van der Waals surface area contributed by atoms with Crippen molar-refractivity contribution < 1.29 is 23.8 Å². The Morgan fingerprint density at radius 2 is 1.83 bits per heavy atom. The van der Waals surface area contributed by atoms with Crippen LogP contribution in [0.3, 0.4) is 0 Å². The van der Waals surface area contributed by atoms with Gasteiger partial charge in [0.05, 0.1) is 19.2 Å². The SMILES string of the molecule is COC(=O)c1ccc(OC2CCCN(C(=O)OC(C)(C)C)C2)cc1. The van der Waals surface area contributed by atoms with Crippen LogP contribution < -0.4 is 4.74 Å². The van der Waals surface area contributed by atoms with Gasteiger partial charge in [0.15, 0.2) is 0 Å². The highest BCUT2D eigenvalue weighted by atomic mass is 16.6. The van der Waals surface area contributed by atoms with Gasteiger partial charge in [0.1, 0.15) is 17.5 Å². The molecular formula is C18H25NO5. The van der Waals surface area contributed by atoms with Gasteiger partial charge in [0.25, 0.3) is 0 Å². The van der Waals surface area contributed by atoms with Gasteiger partial charge >= 0.3 is 12.1 Å². The van der Waals surface area contributed by atoms with Gasteiger partial charge < -0.3 is 19.1 Å². The van der Waals surface area contributed by atoms with Crippen molar-refractivity contribution in [3.8, 4) is 5.75 Å². The number of nitrogens with zero attached hydrogens (tertiary/aromatic N) is 1. The number of piperidine rings is 1. The molecule has 1 aliphatic rings. The molecule has 6 heteroatoms. The fraction of sp³-hybridized carbons (Fsp3) is 0.556. The number of hydrogen-bond acceptors (Lipinski definition) is 5. The second-order valence-corrected chi connectivity index (χ2v) is 6.82. The predicted molar refractivity (Wildman–Crippen MR) is 89.2 cm³/mol. The fourth-order valence-corrected chi connectivity index (χ4v) is 2.51. The molecule has 0 bridgehead atoms. The Balaban J connectivity index is 1.93. The smallest absolute Gasteiger partial charge is 0.410 e. The zero-order valence-electron chi connectivity index (χ0n) is 14.7. The van der Waals surface area contributed by atoms with Crippen molar-refractivity contribution >= 4 is 12.1 Å². The summed E-state index contributed by atoms with van der Waals surface area (Å²) in [5, 5.41) is 0. The molecule has 6 nitrogen and oxygen atoms in total. The van der Waals surface area contributed by atoms with E-state index in [1.165, 1.54) is 7.11 Å². The van der Waals surface area contributed by atoms with Crippen molar-refractivity contribution in [2.75, 3.05) is 20.2 Å². The van der Waals surface area contributed by atoms with Crippen LogP contribution >= 0.6 is 0 Å². The Morgan fingerprint density at radius 1 is 1.17 bits per heavy atom. The number of carbonyl (C=O) groups is 2. The van der Waals surface area contributed by atoms with Crippen LogP contribution in [-0.4, -0.2) is 48.9 Å². The summed E-state index contributed by atoms with van der Waals surface area (Å²) < 4.78 is 16.0. The van der Waals surface area contributed by atoms with Crippen LogP contribution in [0.4, 0.5) is 4.79 Å². The van der Waals surface area contributed by atoms with Gasteiger partial charge in [-0.1, -0.05) is 0 Å². The van der Waals surface area contributed by atoms with Crippen LogP contribution in [0.25, 0.3) is 0 Å². The topological polar surface area (TPSA) is 65.1 Å². The predicted octanol–water partition coefficient (Wildman–Crippen LogP) is 3.25. The minimum atomic E-state index is -0.505. The lowest BCUT2D eigenvalue weighted by atomic mass is 10.1. The molecule has 1 aromatic carbocycles. The second kappa shape index (κ2) is 7.55. The largest absolute Gasteiger partial charge is 0.489 e. The molecule has 0 spiro atoms. The lowest BCUT2D eigenvalue weighted by Gasteiger charge is -2.34. The summed E-state index contributed by atoms with van der Waals surface area (Å²) in [5.41, 5.74) is -0.0295. The van der Waals surface area contributed by atoms with Crippen LogP contribution in [0.5, 0.6) is 5.75 Å². The number of hydrogen-bond donors (Lipinski definition) is 0. The Kier molecular flexibility index (Phi) is 5.70. The number of ether oxygens (including phenoxy) is 3. The molecule has 0 saturated carbocycles. The number of amides is 1. The minimum absolute atomic E-state index is 0.0877. The Hall–Kier alpha value is -2.24. The van der Waals surface area contributed by atoms with E-state index in [1.807, 2.05) is 20.8 Å². The van der Waals surface area contributed by atoms with Crippen molar-refractivity contribution in [2.24, 2.45) is 0 Å². The van der Waals surface area contributed by atoms with Gasteiger partial charge in [-0.25, -0.2) is 9.59 Å². The van der Waals surface area contributed by atoms with Crippen LogP contribution in [-0.2, 0) is 9.47 Å². The van der Waals surface area contributed by atoms with E-state index in [-0.39, 0.29) is 18.2 Å². The molecule has 1 amide bonds. The third-order valence-corrected chi connectivity index (χ3v) is 3.61. The van der Waals surface area contributed by atoms with Crippen LogP contribution in [0.15, 0.2) is 24.3 Å². The van der Waals surface area contributed by atoms with Crippen molar-refractivity contribution in [2.45, 2.75) is 45.3 Å². The quantitative estimate of drug-likeness (QED) is 0.793. The van der Waals surface area contributed by atoms with Crippen molar-refractivity contribution in [3.63, 3.8) is 0 Å². The molecule has 1 fully saturated rings. The highest BCUT2D eigenvalue weighted by Gasteiger charge is 2.28. The molecule has 0 N–H and O–H groups in total. The molecule has 2 rings (SSSR count). The minimum Gasteiger partial charge on any atom is -0.489 e. The van der Waals surface area contributed by atoms with E-state index in [2.05, 4.69) is 4.74 Å². The summed E-state index contributed by atoms with van der Waals surface area (Å²) >= 11 is 0. The third-order valence-electron chi connectivity index (χ3n) is 3.61. The van der Waals surface area contributed by atoms with E-state index in [4.69, 9.17) is 9.47 Å². The summed E-state index contributed by atoms with van der Waals surface area (Å²) in [6.07, 6.45) is 1.34. The highest BCUT2D eigenvalue weighted by Crippen LogP contribution is 2.21. The van der Waals surface area contributed by atoms with Gasteiger partial charge in [-0.2, -0.15) is 0 Å².